The summed E-state index contributed by atoms with van der Waals surface area (Å²) in [6, 6.07) is 20.5. The van der Waals surface area contributed by atoms with Crippen molar-refractivity contribution in [1.82, 2.24) is 9.55 Å². The molecule has 3 aromatic carbocycles. The fourth-order valence-electron chi connectivity index (χ4n) is 3.10. The maximum absolute atomic E-state index is 13.7. The minimum atomic E-state index is -0.391. The van der Waals surface area contributed by atoms with E-state index in [0.29, 0.717) is 27.8 Å². The van der Waals surface area contributed by atoms with Crippen LogP contribution in [0.15, 0.2) is 96.1 Å². The van der Waals surface area contributed by atoms with Crippen LogP contribution in [0.1, 0.15) is 11.1 Å². The number of ketones is 1. The Morgan fingerprint density at radius 2 is 1.56 bits per heavy atom. The Kier molecular flexibility index (Phi) is 6.32. The number of allylic oxidation sites excluding steroid dienone is 2. The van der Waals surface area contributed by atoms with Gasteiger partial charge in [0, 0.05) is 11.1 Å². The van der Waals surface area contributed by atoms with E-state index in [9.17, 15) is 14.0 Å². The molecule has 0 fully saturated rings. The highest BCUT2D eigenvalue weighted by molar-refractivity contribution is 6.04. The van der Waals surface area contributed by atoms with E-state index >= 15 is 0 Å². The van der Waals surface area contributed by atoms with Gasteiger partial charge in [-0.15, -0.1) is 0 Å². The topological polar surface area (TPSA) is 61.2 Å². The molecular weight excluding hydrogens is 407 g/mol. The molecule has 1 aromatic heterocycles. The molecular formula is C26H19FN2O3. The van der Waals surface area contributed by atoms with Gasteiger partial charge in [-0.1, -0.05) is 48.5 Å². The molecule has 158 valence electrons. The van der Waals surface area contributed by atoms with Gasteiger partial charge in [0.2, 0.25) is 0 Å². The van der Waals surface area contributed by atoms with Crippen molar-refractivity contribution >= 4 is 28.8 Å². The van der Waals surface area contributed by atoms with E-state index in [0.717, 1.165) is 0 Å². The van der Waals surface area contributed by atoms with E-state index in [1.807, 2.05) is 12.1 Å². The molecule has 0 unspecified atom stereocenters. The van der Waals surface area contributed by atoms with Crippen LogP contribution in [0.5, 0.6) is 5.75 Å². The number of fused-ring (bicyclic) bond motifs is 1. The molecule has 32 heavy (non-hydrogen) atoms. The van der Waals surface area contributed by atoms with Crippen LogP contribution in [-0.2, 0) is 11.5 Å². The third-order valence-corrected chi connectivity index (χ3v) is 4.77. The maximum atomic E-state index is 13.7. The van der Waals surface area contributed by atoms with Crippen molar-refractivity contribution in [2.75, 3.05) is 0 Å². The largest absolute Gasteiger partial charge is 0.472 e. The van der Waals surface area contributed by atoms with Crippen molar-refractivity contribution in [2.45, 2.75) is 6.73 Å². The number of aromatic nitrogens is 2. The highest BCUT2D eigenvalue weighted by Crippen LogP contribution is 2.20. The van der Waals surface area contributed by atoms with Gasteiger partial charge in [0.15, 0.2) is 12.5 Å². The van der Waals surface area contributed by atoms with Crippen LogP contribution >= 0.6 is 0 Å². The average Bonchev–Trinajstić information content (AvgIpc) is 2.82. The van der Waals surface area contributed by atoms with Gasteiger partial charge in [-0.05, 0) is 48.6 Å². The van der Waals surface area contributed by atoms with E-state index in [4.69, 9.17) is 4.74 Å². The van der Waals surface area contributed by atoms with Crippen molar-refractivity contribution in [3.8, 4) is 5.75 Å². The summed E-state index contributed by atoms with van der Waals surface area (Å²) in [7, 11) is 0. The first-order valence-electron chi connectivity index (χ1n) is 9.92. The molecule has 1 heterocycles. The molecule has 0 amide bonds. The Labute approximate surface area is 183 Å². The highest BCUT2D eigenvalue weighted by atomic mass is 19.1. The number of ether oxygens (including phenoxy) is 1. The van der Waals surface area contributed by atoms with E-state index in [1.54, 1.807) is 60.7 Å². The number of para-hydroxylation sites is 2. The second-order valence-corrected chi connectivity index (χ2v) is 6.94. The van der Waals surface area contributed by atoms with Gasteiger partial charge in [-0.25, -0.2) is 9.37 Å². The average molecular weight is 426 g/mol. The quantitative estimate of drug-likeness (QED) is 0.396. The molecule has 0 saturated carbocycles. The number of carbonyl (C=O) groups is 1. The number of rotatable bonds is 7. The summed E-state index contributed by atoms with van der Waals surface area (Å²) in [6.45, 7) is -0.0251. The van der Waals surface area contributed by atoms with E-state index in [2.05, 4.69) is 4.98 Å². The first kappa shape index (κ1) is 20.9. The molecule has 4 aromatic rings. The lowest BCUT2D eigenvalue weighted by Gasteiger charge is -2.11. The van der Waals surface area contributed by atoms with Gasteiger partial charge >= 0.3 is 0 Å². The second kappa shape index (κ2) is 9.66. The molecule has 0 aliphatic carbocycles. The molecule has 0 radical (unpaired) electrons. The third-order valence-electron chi connectivity index (χ3n) is 4.77. The van der Waals surface area contributed by atoms with E-state index in [-0.39, 0.29) is 18.1 Å². The summed E-state index contributed by atoms with van der Waals surface area (Å²) in [5.41, 5.74) is 1.44. The first-order chi connectivity index (χ1) is 15.6. The molecule has 0 bridgehead atoms. The molecule has 0 aliphatic heterocycles. The van der Waals surface area contributed by atoms with Gasteiger partial charge in [0.25, 0.3) is 5.56 Å². The van der Waals surface area contributed by atoms with Crippen molar-refractivity contribution in [3.05, 3.63) is 119 Å². The predicted octanol–water partition coefficient (Wildman–Crippen LogP) is 4.87. The molecule has 0 atom stereocenters. The van der Waals surface area contributed by atoms with Crippen LogP contribution in [0, 0.1) is 5.82 Å². The summed E-state index contributed by atoms with van der Waals surface area (Å²) < 4.78 is 20.9. The van der Waals surface area contributed by atoms with Gasteiger partial charge in [0.1, 0.15) is 17.9 Å². The van der Waals surface area contributed by atoms with E-state index in [1.165, 1.54) is 35.2 Å². The van der Waals surface area contributed by atoms with E-state index < -0.39 is 5.82 Å². The van der Waals surface area contributed by atoms with Crippen molar-refractivity contribution in [2.24, 2.45) is 0 Å². The van der Waals surface area contributed by atoms with Crippen LogP contribution in [0.25, 0.3) is 23.1 Å². The number of carbonyl (C=O) groups excluding carboxylic acids is 1. The standard InChI is InChI=1S/C26H19FN2O3/c27-23-10-4-1-7-19(23)13-15-21(30)16-14-20-8-2-6-12-25(20)32-18-29-17-28-24-11-5-3-9-22(24)26(29)31/h1-17H,18H2/b15-13+,16-14+. The normalized spacial score (nSPS) is 11.4. The molecule has 5 nitrogen and oxygen atoms in total. The summed E-state index contributed by atoms with van der Waals surface area (Å²) in [4.78, 5) is 29.1. The Hall–Kier alpha value is -4.32. The molecule has 0 aliphatic rings. The highest BCUT2D eigenvalue weighted by Gasteiger charge is 2.06. The maximum Gasteiger partial charge on any atom is 0.263 e. The lowest BCUT2D eigenvalue weighted by molar-refractivity contribution is -0.110. The van der Waals surface area contributed by atoms with Crippen LogP contribution in [-0.4, -0.2) is 15.3 Å². The summed E-state index contributed by atoms with van der Waals surface area (Å²) in [5, 5.41) is 0.513. The Balaban J connectivity index is 1.47. The summed E-state index contributed by atoms with van der Waals surface area (Å²) in [6.07, 6.45) is 7.18. The lowest BCUT2D eigenvalue weighted by atomic mass is 10.1. The first-order valence-corrected chi connectivity index (χ1v) is 9.92. The van der Waals surface area contributed by atoms with Crippen LogP contribution < -0.4 is 10.3 Å². The molecule has 0 N–H and O–H groups in total. The zero-order valence-corrected chi connectivity index (χ0v) is 17.0. The smallest absolute Gasteiger partial charge is 0.263 e. The third kappa shape index (κ3) is 4.87. The minimum absolute atomic E-state index is 0.0251. The number of hydrogen-bond acceptors (Lipinski definition) is 4. The minimum Gasteiger partial charge on any atom is -0.472 e. The molecule has 6 heteroatoms. The number of hydrogen-bond donors (Lipinski definition) is 0. The summed E-state index contributed by atoms with van der Waals surface area (Å²) >= 11 is 0. The Morgan fingerprint density at radius 3 is 2.38 bits per heavy atom. The van der Waals surface area contributed by atoms with Crippen LogP contribution in [0.4, 0.5) is 4.39 Å². The molecule has 0 saturated heterocycles. The second-order valence-electron chi connectivity index (χ2n) is 6.94. The predicted molar refractivity (Wildman–Crippen MR) is 123 cm³/mol. The number of benzene rings is 3. The van der Waals surface area contributed by atoms with Gasteiger partial charge in [-0.3, -0.25) is 14.2 Å². The van der Waals surface area contributed by atoms with Crippen LogP contribution in [0.2, 0.25) is 0 Å². The zero-order chi connectivity index (χ0) is 22.3. The number of nitrogens with zero attached hydrogens (tertiary/aromatic N) is 2. The Morgan fingerprint density at radius 1 is 0.906 bits per heavy atom. The zero-order valence-electron chi connectivity index (χ0n) is 17.0. The fourth-order valence-corrected chi connectivity index (χ4v) is 3.10. The SMILES string of the molecule is O=C(/C=C/c1ccccc1F)/C=C/c1ccccc1OCn1cnc2ccccc2c1=O. The monoisotopic (exact) mass is 426 g/mol. The van der Waals surface area contributed by atoms with Crippen molar-refractivity contribution < 1.29 is 13.9 Å². The lowest BCUT2D eigenvalue weighted by Crippen LogP contribution is -2.23. The summed E-state index contributed by atoms with van der Waals surface area (Å²) in [5.74, 6) is -0.176. The van der Waals surface area contributed by atoms with Gasteiger partial charge in [-0.2, -0.15) is 0 Å². The Bertz CT molecular complexity index is 1390. The van der Waals surface area contributed by atoms with Gasteiger partial charge < -0.3 is 4.74 Å². The molecule has 4 rings (SSSR count). The van der Waals surface area contributed by atoms with Crippen LogP contribution in [0.3, 0.4) is 0 Å². The van der Waals surface area contributed by atoms with Crippen molar-refractivity contribution in [1.29, 1.82) is 0 Å². The molecule has 0 spiro atoms. The van der Waals surface area contributed by atoms with Crippen molar-refractivity contribution in [3.63, 3.8) is 0 Å². The van der Waals surface area contributed by atoms with Gasteiger partial charge in [0.05, 0.1) is 10.9 Å². The fraction of sp³-hybridized carbons (Fsp3) is 0.0385. The number of halogens is 1.